The summed E-state index contributed by atoms with van der Waals surface area (Å²) in [6.07, 6.45) is -4.96. The third kappa shape index (κ3) is 8.05. The number of esters is 5. The number of Topliss-reactive ketones (excluding diaryl/α,β-unsaturated/α-hetero) is 2. The van der Waals surface area contributed by atoms with Gasteiger partial charge in [-0.2, -0.15) is 0 Å². The van der Waals surface area contributed by atoms with E-state index in [1.807, 2.05) is 0 Å². The maximum Gasteiger partial charge on any atom is 0.309 e. The molecule has 13 nitrogen and oxygen atoms in total. The van der Waals surface area contributed by atoms with E-state index < -0.39 is 107 Å². The number of aliphatic hydroxyl groups is 1. The van der Waals surface area contributed by atoms with Gasteiger partial charge in [0.1, 0.15) is 17.8 Å². The van der Waals surface area contributed by atoms with E-state index in [4.69, 9.17) is 23.7 Å². The number of carbonyl (C=O) groups excluding carboxylic acids is 7. The van der Waals surface area contributed by atoms with Gasteiger partial charge in [0, 0.05) is 51.0 Å². The molecule has 2 aliphatic rings. The first-order valence-corrected chi connectivity index (χ1v) is 14.6. The van der Waals surface area contributed by atoms with Gasteiger partial charge in [-0.25, -0.2) is 0 Å². The molecule has 13 heteroatoms. The molecule has 0 aliphatic heterocycles. The summed E-state index contributed by atoms with van der Waals surface area (Å²) in [5, 5.41) is 11.7. The van der Waals surface area contributed by atoms with Crippen LogP contribution in [0.2, 0.25) is 0 Å². The summed E-state index contributed by atoms with van der Waals surface area (Å²) in [7, 11) is 0. The van der Waals surface area contributed by atoms with Crippen molar-refractivity contribution in [2.24, 2.45) is 23.2 Å². The zero-order valence-corrected chi connectivity index (χ0v) is 27.5. The van der Waals surface area contributed by atoms with E-state index in [9.17, 15) is 38.7 Å². The van der Waals surface area contributed by atoms with Crippen LogP contribution in [0.3, 0.4) is 0 Å². The predicted molar refractivity (Wildman–Crippen MR) is 156 cm³/mol. The number of rotatable bonds is 6. The Kier molecular flexibility index (Phi) is 11.3. The first-order chi connectivity index (χ1) is 20.5. The minimum atomic E-state index is -2.31. The Balaban J connectivity index is 3.15. The van der Waals surface area contributed by atoms with Crippen molar-refractivity contribution in [3.63, 3.8) is 0 Å². The van der Waals surface area contributed by atoms with E-state index in [1.54, 1.807) is 0 Å². The molecule has 250 valence electrons. The summed E-state index contributed by atoms with van der Waals surface area (Å²) >= 11 is 0. The second kappa shape index (κ2) is 13.6. The normalized spacial score (nSPS) is 34.0. The van der Waals surface area contributed by atoms with Crippen LogP contribution < -0.4 is 0 Å². The summed E-state index contributed by atoms with van der Waals surface area (Å²) in [5.74, 6) is -9.59. The molecule has 45 heavy (non-hydrogen) atoms. The molecular weight excluding hydrogens is 592 g/mol. The van der Waals surface area contributed by atoms with Crippen molar-refractivity contribution < 1.29 is 62.4 Å². The van der Waals surface area contributed by atoms with E-state index in [2.05, 4.69) is 6.58 Å². The lowest BCUT2D eigenvalue weighted by Crippen LogP contribution is -2.58. The van der Waals surface area contributed by atoms with Gasteiger partial charge >= 0.3 is 29.8 Å². The zero-order valence-electron chi connectivity index (χ0n) is 27.5. The fourth-order valence-electron chi connectivity index (χ4n) is 5.88. The monoisotopic (exact) mass is 636 g/mol. The van der Waals surface area contributed by atoms with Crippen LogP contribution in [0.15, 0.2) is 24.3 Å². The first-order valence-electron chi connectivity index (χ1n) is 14.6. The number of allylic oxidation sites excluding steroid dienone is 2. The van der Waals surface area contributed by atoms with E-state index >= 15 is 0 Å². The van der Waals surface area contributed by atoms with Crippen LogP contribution in [0, 0.1) is 23.2 Å². The summed E-state index contributed by atoms with van der Waals surface area (Å²) in [6, 6.07) is 0. The second-order valence-corrected chi connectivity index (χ2v) is 12.8. The maximum atomic E-state index is 14.4. The summed E-state index contributed by atoms with van der Waals surface area (Å²) in [5.41, 5.74) is -6.17. The van der Waals surface area contributed by atoms with Gasteiger partial charge < -0.3 is 28.8 Å². The SMILES string of the molecule is C=C1[C@H](OC(C)=O)C2[C@@H](OC(C)=O)[C@](C)(O)C[C@]2(OC(C)=O)C(=O)[C@H](C)/C=C/C(C)(C)C(=O)[C@H](OC(C)=O)[C@H]1OC(=O)C(C)C. The molecule has 8 atom stereocenters. The lowest BCUT2D eigenvalue weighted by Gasteiger charge is -2.42. The van der Waals surface area contributed by atoms with Gasteiger partial charge in [0.2, 0.25) is 6.10 Å². The quantitative estimate of drug-likeness (QED) is 0.255. The second-order valence-electron chi connectivity index (χ2n) is 12.8. The van der Waals surface area contributed by atoms with E-state index in [1.165, 1.54) is 53.7 Å². The Morgan fingerprint density at radius 3 is 1.80 bits per heavy atom. The van der Waals surface area contributed by atoms with Gasteiger partial charge in [-0.1, -0.05) is 39.5 Å². The summed E-state index contributed by atoms with van der Waals surface area (Å²) in [6.45, 7) is 16.8. The molecule has 0 amide bonds. The predicted octanol–water partition coefficient (Wildman–Crippen LogP) is 2.35. The average Bonchev–Trinajstić information content (AvgIpc) is 3.10. The molecule has 2 aliphatic carbocycles. The van der Waals surface area contributed by atoms with Crippen LogP contribution >= 0.6 is 0 Å². The molecule has 1 N–H and O–H groups in total. The van der Waals surface area contributed by atoms with Crippen LogP contribution in [0.1, 0.15) is 75.7 Å². The minimum absolute atomic E-state index is 0.365. The van der Waals surface area contributed by atoms with Crippen molar-refractivity contribution in [3.8, 4) is 0 Å². The van der Waals surface area contributed by atoms with E-state index in [0.29, 0.717) is 0 Å². The van der Waals surface area contributed by atoms with Crippen LogP contribution in [-0.4, -0.2) is 82.1 Å². The molecule has 1 unspecified atom stereocenters. The van der Waals surface area contributed by atoms with Crippen molar-refractivity contribution in [2.75, 3.05) is 0 Å². The van der Waals surface area contributed by atoms with Crippen molar-refractivity contribution in [1.82, 2.24) is 0 Å². The topological polar surface area (TPSA) is 186 Å². The van der Waals surface area contributed by atoms with Crippen molar-refractivity contribution >= 4 is 41.4 Å². The van der Waals surface area contributed by atoms with Crippen LogP contribution in [0.5, 0.6) is 0 Å². The smallest absolute Gasteiger partial charge is 0.309 e. The highest BCUT2D eigenvalue weighted by molar-refractivity contribution is 5.95. The average molecular weight is 637 g/mol. The van der Waals surface area contributed by atoms with Gasteiger partial charge in [0.05, 0.1) is 11.8 Å². The third-order valence-corrected chi connectivity index (χ3v) is 7.87. The molecule has 0 aromatic carbocycles. The highest BCUT2D eigenvalue weighted by Crippen LogP contribution is 2.52. The largest absolute Gasteiger partial charge is 0.459 e. The maximum absolute atomic E-state index is 14.4. The number of hydrogen-bond acceptors (Lipinski definition) is 13. The molecule has 0 heterocycles. The zero-order chi connectivity index (χ0) is 34.8. The fraction of sp³-hybridized carbons (Fsp3) is 0.656. The molecule has 2 rings (SSSR count). The standard InChI is InChI=1S/C32H44O13/c1-15(2)29(39)44-24-17(4)23(41-18(5)33)22-28(43-20(7)35)31(11,40)14-32(22,45-21(8)36)26(37)16(3)12-13-30(9,10)27(38)25(24)42-19(6)34/h12-13,15-16,22-25,28,40H,4,14H2,1-3,5-11H3/b13-12+/t16-,22?,23+,24+,25-,28-,31-,32-/m1/s1. The summed E-state index contributed by atoms with van der Waals surface area (Å²) < 4.78 is 28.1. The van der Waals surface area contributed by atoms with Crippen molar-refractivity contribution in [3.05, 3.63) is 24.3 Å². The lowest BCUT2D eigenvalue weighted by atomic mass is 9.72. The molecule has 0 radical (unpaired) electrons. The van der Waals surface area contributed by atoms with Gasteiger partial charge in [-0.05, 0) is 20.8 Å². The van der Waals surface area contributed by atoms with Crippen molar-refractivity contribution in [2.45, 2.75) is 111 Å². The molecule has 0 aromatic rings. The Labute approximate surface area is 262 Å². The first kappa shape index (κ1) is 37.3. The van der Waals surface area contributed by atoms with Gasteiger partial charge in [0.15, 0.2) is 23.3 Å². The minimum Gasteiger partial charge on any atom is -0.459 e. The van der Waals surface area contributed by atoms with Crippen LogP contribution in [0.4, 0.5) is 0 Å². The van der Waals surface area contributed by atoms with Gasteiger partial charge in [-0.3, -0.25) is 33.6 Å². The number of carbonyl (C=O) groups is 7. The number of hydrogen-bond donors (Lipinski definition) is 1. The van der Waals surface area contributed by atoms with Gasteiger partial charge in [-0.15, -0.1) is 0 Å². The fourth-order valence-corrected chi connectivity index (χ4v) is 5.88. The number of fused-ring (bicyclic) bond motifs is 1. The number of ketones is 2. The Morgan fingerprint density at radius 2 is 1.33 bits per heavy atom. The third-order valence-electron chi connectivity index (χ3n) is 7.87. The number of ether oxygens (including phenoxy) is 5. The molecule has 0 aromatic heterocycles. The Hall–Kier alpha value is -3.87. The molecule has 1 fully saturated rings. The summed E-state index contributed by atoms with van der Waals surface area (Å²) in [4.78, 5) is 91.5. The van der Waals surface area contributed by atoms with Gasteiger partial charge in [0.25, 0.3) is 0 Å². The van der Waals surface area contributed by atoms with E-state index in [-0.39, 0.29) is 5.57 Å². The molecular formula is C32H44O13. The highest BCUT2D eigenvalue weighted by Gasteiger charge is 2.70. The molecule has 1 saturated carbocycles. The van der Waals surface area contributed by atoms with Crippen molar-refractivity contribution in [1.29, 1.82) is 0 Å². The Morgan fingerprint density at radius 1 is 0.822 bits per heavy atom. The Bertz CT molecular complexity index is 1290. The molecule has 0 spiro atoms. The van der Waals surface area contributed by atoms with E-state index in [0.717, 1.165) is 27.7 Å². The highest BCUT2D eigenvalue weighted by atomic mass is 16.6. The molecule has 0 bridgehead atoms. The van der Waals surface area contributed by atoms with Crippen LogP contribution in [0.25, 0.3) is 0 Å². The van der Waals surface area contributed by atoms with Crippen LogP contribution in [-0.2, 0) is 57.2 Å². The molecule has 0 saturated heterocycles. The lowest BCUT2D eigenvalue weighted by molar-refractivity contribution is -0.188.